The maximum atomic E-state index is 13.6. The van der Waals surface area contributed by atoms with Crippen molar-refractivity contribution in [2.24, 2.45) is 7.05 Å². The summed E-state index contributed by atoms with van der Waals surface area (Å²) in [5, 5.41) is 12.8. The molecule has 174 valence electrons. The summed E-state index contributed by atoms with van der Waals surface area (Å²) in [7, 11) is 1.77. The lowest BCUT2D eigenvalue weighted by Crippen LogP contribution is -2.45. The maximum absolute atomic E-state index is 13.6. The van der Waals surface area contributed by atoms with E-state index in [4.69, 9.17) is 4.42 Å². The molecule has 3 aromatic heterocycles. The number of hydrogen-bond acceptors (Lipinski definition) is 6. The van der Waals surface area contributed by atoms with Gasteiger partial charge in [-0.25, -0.2) is 9.37 Å². The van der Waals surface area contributed by atoms with Gasteiger partial charge in [-0.1, -0.05) is 18.2 Å². The van der Waals surface area contributed by atoms with Crippen molar-refractivity contribution in [2.45, 2.75) is 38.6 Å². The van der Waals surface area contributed by atoms with Crippen molar-refractivity contribution in [3.63, 3.8) is 0 Å². The molecule has 1 unspecified atom stereocenters. The van der Waals surface area contributed by atoms with E-state index in [9.17, 15) is 9.18 Å². The number of carbonyl (C=O) groups excluding carboxylic acids is 1. The number of aromatic nitrogens is 5. The van der Waals surface area contributed by atoms with Crippen LogP contribution < -0.4 is 0 Å². The van der Waals surface area contributed by atoms with Crippen LogP contribution in [0.15, 0.2) is 53.1 Å². The molecule has 1 aliphatic heterocycles. The van der Waals surface area contributed by atoms with E-state index in [1.165, 1.54) is 12.1 Å². The van der Waals surface area contributed by atoms with Gasteiger partial charge in [-0.2, -0.15) is 5.10 Å². The minimum Gasteiger partial charge on any atom is -0.419 e. The lowest BCUT2D eigenvalue weighted by Gasteiger charge is -2.34. The Morgan fingerprint density at radius 3 is 2.76 bits per heavy atom. The van der Waals surface area contributed by atoms with Crippen molar-refractivity contribution in [1.29, 1.82) is 0 Å². The molecule has 1 saturated heterocycles. The zero-order valence-electron chi connectivity index (χ0n) is 19.1. The molecule has 1 aliphatic rings. The van der Waals surface area contributed by atoms with E-state index >= 15 is 0 Å². The van der Waals surface area contributed by atoms with E-state index in [2.05, 4.69) is 20.3 Å². The van der Waals surface area contributed by atoms with Crippen molar-refractivity contribution in [3.8, 4) is 22.7 Å². The Balaban J connectivity index is 1.39. The first-order valence-electron chi connectivity index (χ1n) is 11.3. The van der Waals surface area contributed by atoms with Gasteiger partial charge in [0.15, 0.2) is 5.69 Å². The van der Waals surface area contributed by atoms with Crippen LogP contribution in [-0.2, 0) is 13.5 Å². The molecule has 0 bridgehead atoms. The summed E-state index contributed by atoms with van der Waals surface area (Å²) in [6, 6.07) is 11.7. The summed E-state index contributed by atoms with van der Waals surface area (Å²) in [5.74, 6) is 0.375. The molecule has 4 aromatic rings. The second-order valence-corrected chi connectivity index (χ2v) is 8.59. The summed E-state index contributed by atoms with van der Waals surface area (Å²) in [6.45, 7) is 2.54. The molecule has 1 amide bonds. The topological polar surface area (TPSA) is 89.9 Å². The first kappa shape index (κ1) is 21.9. The molecule has 1 atom stereocenters. The van der Waals surface area contributed by atoms with E-state index in [-0.39, 0.29) is 17.8 Å². The number of piperidine rings is 1. The molecule has 34 heavy (non-hydrogen) atoms. The van der Waals surface area contributed by atoms with Gasteiger partial charge in [-0.05, 0) is 56.0 Å². The third-order valence-electron chi connectivity index (χ3n) is 6.06. The predicted octanol–water partition coefficient (Wildman–Crippen LogP) is 4.22. The average Bonchev–Trinajstić information content (AvgIpc) is 3.46. The third-order valence-corrected chi connectivity index (χ3v) is 6.06. The quantitative estimate of drug-likeness (QED) is 0.443. The number of carbonyl (C=O) groups is 1. The first-order chi connectivity index (χ1) is 16.5. The molecule has 1 fully saturated rings. The second-order valence-electron chi connectivity index (χ2n) is 8.59. The molecule has 0 spiro atoms. The zero-order valence-corrected chi connectivity index (χ0v) is 19.1. The Morgan fingerprint density at radius 2 is 1.97 bits per heavy atom. The molecule has 4 heterocycles. The van der Waals surface area contributed by atoms with Crippen LogP contribution in [-0.4, -0.2) is 48.4 Å². The fourth-order valence-electron chi connectivity index (χ4n) is 4.41. The van der Waals surface area contributed by atoms with E-state index in [1.807, 2.05) is 30.0 Å². The molecule has 0 aliphatic carbocycles. The lowest BCUT2D eigenvalue weighted by atomic mass is 9.97. The third kappa shape index (κ3) is 4.46. The van der Waals surface area contributed by atoms with E-state index < -0.39 is 0 Å². The number of likely N-dealkylation sites (tertiary alicyclic amines) is 1. The fraction of sp³-hybridized carbons (Fsp3) is 0.320. The van der Waals surface area contributed by atoms with Crippen molar-refractivity contribution < 1.29 is 13.6 Å². The number of rotatable bonds is 5. The Morgan fingerprint density at radius 1 is 1.15 bits per heavy atom. The highest BCUT2D eigenvalue weighted by atomic mass is 19.1. The van der Waals surface area contributed by atoms with Crippen molar-refractivity contribution >= 4 is 5.91 Å². The Bertz CT molecular complexity index is 1310. The van der Waals surface area contributed by atoms with E-state index in [1.54, 1.807) is 30.1 Å². The van der Waals surface area contributed by atoms with Gasteiger partial charge in [0, 0.05) is 43.5 Å². The van der Waals surface area contributed by atoms with Crippen LogP contribution in [0.3, 0.4) is 0 Å². The van der Waals surface area contributed by atoms with Crippen molar-refractivity contribution in [1.82, 2.24) is 29.9 Å². The minimum atomic E-state index is -0.323. The van der Waals surface area contributed by atoms with E-state index in [0.29, 0.717) is 41.7 Å². The van der Waals surface area contributed by atoms with Crippen LogP contribution in [0.2, 0.25) is 0 Å². The van der Waals surface area contributed by atoms with Gasteiger partial charge in [0.25, 0.3) is 11.8 Å². The van der Waals surface area contributed by atoms with Gasteiger partial charge >= 0.3 is 0 Å². The van der Waals surface area contributed by atoms with Crippen LogP contribution in [0.25, 0.3) is 22.7 Å². The van der Waals surface area contributed by atoms with E-state index in [0.717, 1.165) is 30.5 Å². The second kappa shape index (κ2) is 9.17. The highest BCUT2D eigenvalue weighted by Gasteiger charge is 2.32. The van der Waals surface area contributed by atoms with Crippen molar-refractivity contribution in [3.05, 3.63) is 71.8 Å². The number of amides is 1. The smallest absolute Gasteiger partial charge is 0.275 e. The van der Waals surface area contributed by atoms with Crippen LogP contribution in [0.5, 0.6) is 0 Å². The molecular formula is C25H25FN6O2. The largest absolute Gasteiger partial charge is 0.419 e. The summed E-state index contributed by atoms with van der Waals surface area (Å²) in [4.78, 5) is 19.9. The average molecular weight is 461 g/mol. The Kier molecular flexibility index (Phi) is 5.91. The number of hydrogen-bond donors (Lipinski definition) is 0. The van der Waals surface area contributed by atoms with Gasteiger partial charge in [0.1, 0.15) is 11.5 Å². The standard InChI is InChI=1S/C25H25FN6O2/c1-16-6-5-8-21(27-16)24-29-28-22(34-24)14-19-7-3-4-13-32(19)25(33)23-20(15-31(2)30-23)17-9-11-18(26)12-10-17/h5-6,8-12,15,19H,3-4,7,13-14H2,1-2H3. The highest BCUT2D eigenvalue weighted by molar-refractivity contribution is 5.99. The zero-order chi connectivity index (χ0) is 23.7. The SMILES string of the molecule is Cc1cccc(-c2nnc(CC3CCCCN3C(=O)c3nn(C)cc3-c3ccc(F)cc3)o2)n1. The van der Waals surface area contributed by atoms with Crippen LogP contribution in [0, 0.1) is 12.7 Å². The molecule has 8 nitrogen and oxygen atoms in total. The molecule has 9 heteroatoms. The Hall–Kier alpha value is -3.88. The van der Waals surface area contributed by atoms with Crippen LogP contribution >= 0.6 is 0 Å². The van der Waals surface area contributed by atoms with Gasteiger partial charge < -0.3 is 9.32 Å². The molecule has 0 radical (unpaired) electrons. The van der Waals surface area contributed by atoms with Gasteiger partial charge in [-0.15, -0.1) is 10.2 Å². The van der Waals surface area contributed by atoms with Crippen LogP contribution in [0.1, 0.15) is 41.3 Å². The molecule has 5 rings (SSSR count). The predicted molar refractivity (Wildman–Crippen MR) is 123 cm³/mol. The summed E-state index contributed by atoms with van der Waals surface area (Å²) >= 11 is 0. The lowest BCUT2D eigenvalue weighted by molar-refractivity contribution is 0.0599. The van der Waals surface area contributed by atoms with Crippen molar-refractivity contribution in [2.75, 3.05) is 6.54 Å². The number of nitrogens with zero attached hydrogens (tertiary/aromatic N) is 6. The Labute approximate surface area is 196 Å². The molecule has 0 saturated carbocycles. The van der Waals surface area contributed by atoms with Crippen LogP contribution in [0.4, 0.5) is 4.39 Å². The van der Waals surface area contributed by atoms with Gasteiger partial charge in [-0.3, -0.25) is 9.48 Å². The monoisotopic (exact) mass is 460 g/mol. The first-order valence-corrected chi connectivity index (χ1v) is 11.3. The number of aryl methyl sites for hydroxylation is 2. The van der Waals surface area contributed by atoms with Gasteiger partial charge in [0.05, 0.1) is 0 Å². The maximum Gasteiger partial charge on any atom is 0.275 e. The number of pyridine rings is 1. The number of halogens is 1. The molecule has 0 N–H and O–H groups in total. The minimum absolute atomic E-state index is 0.0805. The fourth-order valence-corrected chi connectivity index (χ4v) is 4.41. The summed E-state index contributed by atoms with van der Waals surface area (Å²) in [6.07, 6.45) is 5.03. The summed E-state index contributed by atoms with van der Waals surface area (Å²) < 4.78 is 20.9. The normalized spacial score (nSPS) is 16.1. The molecule has 1 aromatic carbocycles. The molecular weight excluding hydrogens is 435 g/mol. The highest BCUT2D eigenvalue weighted by Crippen LogP contribution is 2.28. The van der Waals surface area contributed by atoms with Gasteiger partial charge in [0.2, 0.25) is 5.89 Å². The summed E-state index contributed by atoms with van der Waals surface area (Å²) in [5.41, 5.74) is 3.29. The number of benzene rings is 1.